The number of carbonyl (C=O) groups excluding carboxylic acids is 1. The molecule has 10 nitrogen and oxygen atoms in total. The van der Waals surface area contributed by atoms with Crippen molar-refractivity contribution < 1.29 is 13.2 Å². The van der Waals surface area contributed by atoms with E-state index in [0.29, 0.717) is 30.2 Å². The number of anilines is 1. The molecule has 200 valence electrons. The molecule has 3 heterocycles. The van der Waals surface area contributed by atoms with Crippen molar-refractivity contribution in [3.8, 4) is 0 Å². The molecule has 13 heteroatoms. The molecule has 5 rings (SSSR count). The molecule has 2 aromatic heterocycles. The summed E-state index contributed by atoms with van der Waals surface area (Å²) in [5.41, 5.74) is 0.945. The maximum atomic E-state index is 13.5. The van der Waals surface area contributed by atoms with Crippen LogP contribution < -0.4 is 9.70 Å². The van der Waals surface area contributed by atoms with Gasteiger partial charge in [-0.1, -0.05) is 40.3 Å². The molecule has 0 bridgehead atoms. The number of halogens is 1. The standard InChI is InChI=1S/C25H28ClN7O3S2/c1-27-25-32(2)21(15-23-28-30-31-29-23)24(37-25)33-11-4-3-5-20(33)22(34)10-12-38(35,36)19-9-7-16-13-18(26)8-6-17(16)14-19/h6-9,13-14,20H,3-5,10-12,15H2,1-2H3,(H,28,29,30,31). The lowest BCUT2D eigenvalue weighted by Gasteiger charge is -2.36. The summed E-state index contributed by atoms with van der Waals surface area (Å²) < 4.78 is 28.3. The minimum atomic E-state index is -3.64. The van der Waals surface area contributed by atoms with Crippen LogP contribution in [0.15, 0.2) is 46.3 Å². The Kier molecular flexibility index (Phi) is 7.64. The first kappa shape index (κ1) is 26.5. The number of nitrogens with zero attached hydrogens (tertiary/aromatic N) is 6. The van der Waals surface area contributed by atoms with Crippen molar-refractivity contribution in [1.29, 1.82) is 0 Å². The molecule has 1 N–H and O–H groups in total. The highest BCUT2D eigenvalue weighted by molar-refractivity contribution is 7.91. The first-order chi connectivity index (χ1) is 18.3. The van der Waals surface area contributed by atoms with E-state index in [1.54, 1.807) is 43.4 Å². The Hall–Kier alpha value is -3.09. The smallest absolute Gasteiger partial charge is 0.186 e. The molecule has 0 saturated carbocycles. The van der Waals surface area contributed by atoms with Crippen molar-refractivity contribution in [2.24, 2.45) is 12.0 Å². The number of aromatic amines is 1. The Labute approximate surface area is 229 Å². The van der Waals surface area contributed by atoms with Crippen molar-refractivity contribution >= 4 is 54.3 Å². The van der Waals surface area contributed by atoms with Gasteiger partial charge in [-0.05, 0) is 54.3 Å². The third kappa shape index (κ3) is 5.38. The van der Waals surface area contributed by atoms with Crippen LogP contribution in [0.5, 0.6) is 0 Å². The third-order valence-electron chi connectivity index (χ3n) is 6.92. The van der Waals surface area contributed by atoms with E-state index in [1.165, 1.54) is 11.3 Å². The number of Topliss-reactive ketones (excluding diaryl/α,β-unsaturated/α-hetero) is 1. The Morgan fingerprint density at radius 1 is 1.21 bits per heavy atom. The highest BCUT2D eigenvalue weighted by atomic mass is 35.5. The van der Waals surface area contributed by atoms with Crippen LogP contribution in [0.4, 0.5) is 5.00 Å². The fourth-order valence-electron chi connectivity index (χ4n) is 4.91. The molecule has 1 atom stereocenters. The Morgan fingerprint density at radius 3 is 2.76 bits per heavy atom. The van der Waals surface area contributed by atoms with Gasteiger partial charge < -0.3 is 9.47 Å². The fourth-order valence-corrected chi connectivity index (χ4v) is 7.55. The number of thiazole rings is 1. The average molecular weight is 574 g/mol. The van der Waals surface area contributed by atoms with Gasteiger partial charge in [-0.3, -0.25) is 9.79 Å². The van der Waals surface area contributed by atoms with Gasteiger partial charge in [0.1, 0.15) is 5.00 Å². The number of tetrazole rings is 1. The van der Waals surface area contributed by atoms with Crippen LogP contribution in [0.2, 0.25) is 5.02 Å². The lowest BCUT2D eigenvalue weighted by Crippen LogP contribution is -2.45. The second-order valence-electron chi connectivity index (χ2n) is 9.32. The summed E-state index contributed by atoms with van der Waals surface area (Å²) in [6.07, 6.45) is 2.93. The Morgan fingerprint density at radius 2 is 2.00 bits per heavy atom. The van der Waals surface area contributed by atoms with Crippen LogP contribution in [0.3, 0.4) is 0 Å². The predicted molar refractivity (Wildman–Crippen MR) is 147 cm³/mol. The van der Waals surface area contributed by atoms with Gasteiger partial charge in [-0.15, -0.1) is 10.2 Å². The quantitative estimate of drug-likeness (QED) is 0.342. The van der Waals surface area contributed by atoms with Gasteiger partial charge in [0.05, 0.1) is 28.8 Å². The van der Waals surface area contributed by atoms with Crippen LogP contribution in [-0.4, -0.2) is 64.8 Å². The maximum absolute atomic E-state index is 13.5. The number of fused-ring (bicyclic) bond motifs is 1. The molecule has 1 aliphatic rings. The van der Waals surface area contributed by atoms with Gasteiger partial charge in [-0.25, -0.2) is 8.42 Å². The zero-order valence-electron chi connectivity index (χ0n) is 21.1. The van der Waals surface area contributed by atoms with Gasteiger partial charge in [0.25, 0.3) is 0 Å². The van der Waals surface area contributed by atoms with Gasteiger partial charge >= 0.3 is 0 Å². The second kappa shape index (κ2) is 11.0. The van der Waals surface area contributed by atoms with E-state index in [4.69, 9.17) is 11.6 Å². The largest absolute Gasteiger partial charge is 0.352 e. The van der Waals surface area contributed by atoms with E-state index < -0.39 is 15.9 Å². The summed E-state index contributed by atoms with van der Waals surface area (Å²) in [6, 6.07) is 9.90. The van der Waals surface area contributed by atoms with Crippen LogP contribution in [-0.2, 0) is 28.1 Å². The molecular formula is C25H28ClN7O3S2. The number of rotatable bonds is 8. The van der Waals surface area contributed by atoms with Crippen molar-refractivity contribution in [3.05, 3.63) is 57.7 Å². The van der Waals surface area contributed by atoms with Gasteiger partial charge in [0, 0.05) is 32.1 Å². The molecule has 1 fully saturated rings. The minimum absolute atomic E-state index is 0.0508. The van der Waals surface area contributed by atoms with Gasteiger partial charge in [-0.2, -0.15) is 5.21 Å². The first-order valence-electron chi connectivity index (χ1n) is 12.3. The van der Waals surface area contributed by atoms with Crippen LogP contribution in [0.1, 0.15) is 37.2 Å². The van der Waals surface area contributed by atoms with Crippen molar-refractivity contribution in [3.63, 3.8) is 0 Å². The van der Waals surface area contributed by atoms with E-state index >= 15 is 0 Å². The summed E-state index contributed by atoms with van der Waals surface area (Å²) >= 11 is 7.56. The number of carbonyl (C=O) groups is 1. The van der Waals surface area contributed by atoms with E-state index in [2.05, 4.69) is 30.5 Å². The lowest BCUT2D eigenvalue weighted by atomic mass is 9.97. The zero-order valence-corrected chi connectivity index (χ0v) is 23.5. The van der Waals surface area contributed by atoms with Crippen molar-refractivity contribution in [2.45, 2.75) is 43.0 Å². The number of ketones is 1. The Balaban J connectivity index is 1.37. The fraction of sp³-hybridized carbons (Fsp3) is 0.400. The first-order valence-corrected chi connectivity index (χ1v) is 15.2. The van der Waals surface area contributed by atoms with Gasteiger partial charge in [0.2, 0.25) is 0 Å². The highest BCUT2D eigenvalue weighted by Crippen LogP contribution is 2.33. The number of nitrogens with one attached hydrogen (secondary N) is 1. The summed E-state index contributed by atoms with van der Waals surface area (Å²) in [5.74, 6) is 0.238. The number of sulfone groups is 1. The molecule has 38 heavy (non-hydrogen) atoms. The number of hydrogen-bond donors (Lipinski definition) is 1. The number of piperidine rings is 1. The number of hydrogen-bond acceptors (Lipinski definition) is 9. The molecule has 1 aliphatic heterocycles. The summed E-state index contributed by atoms with van der Waals surface area (Å²) in [6.45, 7) is 0.708. The maximum Gasteiger partial charge on any atom is 0.186 e. The average Bonchev–Trinajstić information content (AvgIpc) is 3.55. The third-order valence-corrected chi connectivity index (χ3v) is 10.2. The second-order valence-corrected chi connectivity index (χ2v) is 12.8. The molecular weight excluding hydrogens is 546 g/mol. The topological polar surface area (TPSA) is 126 Å². The van der Waals surface area contributed by atoms with Crippen molar-refractivity contribution in [2.75, 3.05) is 24.2 Å². The number of benzene rings is 2. The summed E-state index contributed by atoms with van der Waals surface area (Å²) in [5, 5.41) is 17.5. The van der Waals surface area contributed by atoms with Crippen LogP contribution in [0.25, 0.3) is 10.8 Å². The summed E-state index contributed by atoms with van der Waals surface area (Å²) in [7, 11) is 0.0256. The van der Waals surface area contributed by atoms with E-state index in [-0.39, 0.29) is 22.9 Å². The molecule has 2 aromatic carbocycles. The molecule has 0 amide bonds. The molecule has 0 aliphatic carbocycles. The van der Waals surface area contributed by atoms with E-state index in [9.17, 15) is 13.2 Å². The molecule has 0 radical (unpaired) electrons. The molecule has 4 aromatic rings. The molecule has 1 saturated heterocycles. The predicted octanol–water partition coefficient (Wildman–Crippen LogP) is 3.32. The lowest BCUT2D eigenvalue weighted by molar-refractivity contribution is -0.120. The number of aromatic nitrogens is 5. The normalized spacial score (nSPS) is 16.9. The van der Waals surface area contributed by atoms with Crippen LogP contribution >= 0.6 is 22.9 Å². The monoisotopic (exact) mass is 573 g/mol. The molecule has 1 unspecified atom stereocenters. The van der Waals surface area contributed by atoms with E-state index in [0.717, 1.165) is 39.1 Å². The van der Waals surface area contributed by atoms with Crippen molar-refractivity contribution in [1.82, 2.24) is 25.2 Å². The molecule has 0 spiro atoms. The minimum Gasteiger partial charge on any atom is -0.352 e. The summed E-state index contributed by atoms with van der Waals surface area (Å²) in [4.78, 5) is 21.1. The SMILES string of the molecule is CN=c1sc(N2CCCCC2C(=O)CCS(=O)(=O)c2ccc3cc(Cl)ccc3c2)c(Cc2nn[nH]n2)n1C. The Bertz CT molecular complexity index is 1650. The van der Waals surface area contributed by atoms with E-state index in [1.807, 2.05) is 11.6 Å². The number of H-pyrrole nitrogens is 1. The zero-order chi connectivity index (χ0) is 26.9. The van der Waals surface area contributed by atoms with Crippen LogP contribution in [0, 0.1) is 0 Å². The highest BCUT2D eigenvalue weighted by Gasteiger charge is 2.33. The van der Waals surface area contributed by atoms with Gasteiger partial charge in [0.15, 0.2) is 26.2 Å².